The Morgan fingerprint density at radius 2 is 1.31 bits per heavy atom. The predicted octanol–water partition coefficient (Wildman–Crippen LogP) is 1.83. The van der Waals surface area contributed by atoms with Gasteiger partial charge >= 0.3 is 0 Å². The summed E-state index contributed by atoms with van der Waals surface area (Å²) < 4.78 is 0. The fourth-order valence-corrected chi connectivity index (χ4v) is 2.70. The molecule has 0 aliphatic carbocycles. The number of hydrogen-bond acceptors (Lipinski definition) is 6. The third-order valence-corrected chi connectivity index (χ3v) is 4.07. The first-order valence-electron chi connectivity index (χ1n) is 8.03. The first-order valence-corrected chi connectivity index (χ1v) is 8.03. The van der Waals surface area contributed by atoms with Crippen molar-refractivity contribution in [2.75, 3.05) is 26.2 Å². The van der Waals surface area contributed by atoms with Crippen LogP contribution in [0, 0.1) is 25.6 Å². The summed E-state index contributed by atoms with van der Waals surface area (Å²) >= 11 is 0. The zero-order valence-electron chi connectivity index (χ0n) is 14.8. The van der Waals surface area contributed by atoms with Crippen LogP contribution in [0.1, 0.15) is 31.1 Å². The van der Waals surface area contributed by atoms with Gasteiger partial charge in [-0.1, -0.05) is 20.8 Å². The number of benzene rings is 1. The Hall–Kier alpha value is -3.04. The van der Waals surface area contributed by atoms with Crippen molar-refractivity contribution in [2.24, 2.45) is 5.41 Å². The molecule has 2 amide bonds. The Balaban J connectivity index is 2.17. The van der Waals surface area contributed by atoms with Crippen LogP contribution in [-0.2, 0) is 4.79 Å². The normalized spacial score (nSPS) is 14.9. The van der Waals surface area contributed by atoms with Crippen molar-refractivity contribution >= 4 is 23.2 Å². The Labute approximate surface area is 149 Å². The Morgan fingerprint density at radius 3 is 1.69 bits per heavy atom. The second kappa shape index (κ2) is 7.06. The molecule has 1 fully saturated rings. The van der Waals surface area contributed by atoms with E-state index in [9.17, 15) is 29.8 Å². The van der Waals surface area contributed by atoms with Gasteiger partial charge in [0.05, 0.1) is 21.5 Å². The SMILES string of the molecule is CC(C)(C)C(=O)N1CCN(C(=O)c2cc([N+](=O)[O-])cc([N+](=O)[O-])c2)CC1. The van der Waals surface area contributed by atoms with Crippen LogP contribution in [-0.4, -0.2) is 57.6 Å². The minimum Gasteiger partial charge on any atom is -0.339 e. The molecular formula is C16H20N4O6. The molecule has 140 valence electrons. The molecule has 0 aromatic heterocycles. The number of rotatable bonds is 3. The van der Waals surface area contributed by atoms with Gasteiger partial charge in [-0.2, -0.15) is 0 Å². The molecule has 1 saturated heterocycles. The van der Waals surface area contributed by atoms with Crippen molar-refractivity contribution in [3.63, 3.8) is 0 Å². The summed E-state index contributed by atoms with van der Waals surface area (Å²) in [6.07, 6.45) is 0. The highest BCUT2D eigenvalue weighted by Crippen LogP contribution is 2.24. The van der Waals surface area contributed by atoms with Gasteiger partial charge in [0.15, 0.2) is 0 Å². The van der Waals surface area contributed by atoms with Crippen LogP contribution in [0.15, 0.2) is 18.2 Å². The summed E-state index contributed by atoms with van der Waals surface area (Å²) in [5, 5.41) is 21.9. The summed E-state index contributed by atoms with van der Waals surface area (Å²) in [6.45, 7) is 6.66. The van der Waals surface area contributed by atoms with Gasteiger partial charge < -0.3 is 9.80 Å². The fourth-order valence-electron chi connectivity index (χ4n) is 2.70. The van der Waals surface area contributed by atoms with Crippen molar-refractivity contribution in [1.82, 2.24) is 9.80 Å². The number of piperazine rings is 1. The van der Waals surface area contributed by atoms with E-state index in [1.165, 1.54) is 4.90 Å². The highest BCUT2D eigenvalue weighted by atomic mass is 16.6. The largest absolute Gasteiger partial charge is 0.339 e. The zero-order chi connectivity index (χ0) is 19.6. The van der Waals surface area contributed by atoms with Crippen molar-refractivity contribution in [3.8, 4) is 0 Å². The standard InChI is InChI=1S/C16H20N4O6/c1-16(2,3)15(22)18-6-4-17(5-7-18)14(21)11-8-12(19(23)24)10-13(9-11)20(25)26/h8-10H,4-7H2,1-3H3. The average Bonchev–Trinajstić information content (AvgIpc) is 2.59. The van der Waals surface area contributed by atoms with E-state index in [2.05, 4.69) is 0 Å². The van der Waals surface area contributed by atoms with E-state index in [-0.39, 0.29) is 24.6 Å². The number of nitrogens with zero attached hydrogens (tertiary/aromatic N) is 4. The lowest BCUT2D eigenvalue weighted by Crippen LogP contribution is -2.53. The van der Waals surface area contributed by atoms with Crippen LogP contribution in [0.25, 0.3) is 0 Å². The van der Waals surface area contributed by atoms with Gasteiger partial charge in [0, 0.05) is 43.7 Å². The molecule has 2 rings (SSSR count). The topological polar surface area (TPSA) is 127 Å². The van der Waals surface area contributed by atoms with E-state index in [1.54, 1.807) is 4.90 Å². The van der Waals surface area contributed by atoms with Crippen LogP contribution < -0.4 is 0 Å². The smallest absolute Gasteiger partial charge is 0.277 e. The highest BCUT2D eigenvalue weighted by Gasteiger charge is 2.31. The molecule has 1 heterocycles. The molecule has 10 heteroatoms. The number of non-ortho nitro benzene ring substituents is 2. The molecule has 1 aromatic carbocycles. The maximum absolute atomic E-state index is 12.6. The number of nitro benzene ring substituents is 2. The lowest BCUT2D eigenvalue weighted by Gasteiger charge is -2.37. The van der Waals surface area contributed by atoms with E-state index in [4.69, 9.17) is 0 Å². The molecule has 0 radical (unpaired) electrons. The van der Waals surface area contributed by atoms with Gasteiger partial charge in [-0.25, -0.2) is 0 Å². The van der Waals surface area contributed by atoms with Crippen molar-refractivity contribution < 1.29 is 19.4 Å². The Bertz CT molecular complexity index is 730. The van der Waals surface area contributed by atoms with Gasteiger partial charge in [-0.15, -0.1) is 0 Å². The molecule has 1 aliphatic heterocycles. The molecule has 0 saturated carbocycles. The third kappa shape index (κ3) is 4.13. The highest BCUT2D eigenvalue weighted by molar-refractivity contribution is 5.96. The van der Waals surface area contributed by atoms with Crippen molar-refractivity contribution in [1.29, 1.82) is 0 Å². The summed E-state index contributed by atoms with van der Waals surface area (Å²) in [4.78, 5) is 48.3. The Kier molecular flexibility index (Phi) is 5.24. The molecular weight excluding hydrogens is 344 g/mol. The fraction of sp³-hybridized carbons (Fsp3) is 0.500. The molecule has 10 nitrogen and oxygen atoms in total. The van der Waals surface area contributed by atoms with Crippen LogP contribution in [0.3, 0.4) is 0 Å². The zero-order valence-corrected chi connectivity index (χ0v) is 14.8. The minimum atomic E-state index is -0.774. The second-order valence-corrected chi connectivity index (χ2v) is 7.09. The maximum atomic E-state index is 12.6. The first-order chi connectivity index (χ1) is 12.0. The van der Waals surface area contributed by atoms with Gasteiger partial charge in [0.1, 0.15) is 0 Å². The molecule has 0 atom stereocenters. The molecule has 1 aromatic rings. The van der Waals surface area contributed by atoms with Crippen LogP contribution in [0.4, 0.5) is 11.4 Å². The van der Waals surface area contributed by atoms with Gasteiger partial charge in [0.2, 0.25) is 5.91 Å². The van der Waals surface area contributed by atoms with Crippen LogP contribution in [0.2, 0.25) is 0 Å². The van der Waals surface area contributed by atoms with E-state index in [1.807, 2.05) is 20.8 Å². The van der Waals surface area contributed by atoms with Crippen LogP contribution in [0.5, 0.6) is 0 Å². The monoisotopic (exact) mass is 364 g/mol. The average molecular weight is 364 g/mol. The molecule has 26 heavy (non-hydrogen) atoms. The van der Waals surface area contributed by atoms with E-state index < -0.39 is 32.5 Å². The number of carbonyl (C=O) groups is 2. The Morgan fingerprint density at radius 1 is 0.885 bits per heavy atom. The summed E-state index contributed by atoms with van der Waals surface area (Å²) in [6, 6.07) is 2.88. The van der Waals surface area contributed by atoms with Gasteiger partial charge in [0.25, 0.3) is 17.3 Å². The quantitative estimate of drug-likeness (QED) is 0.595. The number of carbonyl (C=O) groups excluding carboxylic acids is 2. The van der Waals surface area contributed by atoms with Crippen molar-refractivity contribution in [3.05, 3.63) is 44.0 Å². The molecule has 0 N–H and O–H groups in total. The van der Waals surface area contributed by atoms with E-state index in [0.29, 0.717) is 13.1 Å². The number of hydrogen-bond donors (Lipinski definition) is 0. The molecule has 0 unspecified atom stereocenters. The molecule has 0 spiro atoms. The second-order valence-electron chi connectivity index (χ2n) is 7.09. The number of nitro groups is 2. The lowest BCUT2D eigenvalue weighted by atomic mass is 9.94. The maximum Gasteiger partial charge on any atom is 0.277 e. The first kappa shape index (κ1) is 19.3. The molecule has 1 aliphatic rings. The van der Waals surface area contributed by atoms with Gasteiger partial charge in [-0.05, 0) is 0 Å². The van der Waals surface area contributed by atoms with E-state index >= 15 is 0 Å². The minimum absolute atomic E-state index is 0.0180. The predicted molar refractivity (Wildman–Crippen MR) is 91.7 cm³/mol. The van der Waals surface area contributed by atoms with Gasteiger partial charge in [-0.3, -0.25) is 29.8 Å². The number of amides is 2. The summed E-state index contributed by atoms with van der Waals surface area (Å²) in [7, 11) is 0. The lowest BCUT2D eigenvalue weighted by molar-refractivity contribution is -0.394. The summed E-state index contributed by atoms with van der Waals surface area (Å²) in [5.41, 5.74) is -1.65. The summed E-state index contributed by atoms with van der Waals surface area (Å²) in [5.74, 6) is -0.546. The molecule has 0 bridgehead atoms. The third-order valence-electron chi connectivity index (χ3n) is 4.07. The van der Waals surface area contributed by atoms with E-state index in [0.717, 1.165) is 18.2 Å². The van der Waals surface area contributed by atoms with Crippen LogP contribution >= 0.6 is 0 Å². The van der Waals surface area contributed by atoms with Crippen molar-refractivity contribution in [2.45, 2.75) is 20.8 Å².